The largest absolute Gasteiger partial charge is 0.324 e. The number of anilines is 1. The van der Waals surface area contributed by atoms with Crippen molar-refractivity contribution >= 4 is 23.4 Å². The maximum absolute atomic E-state index is 12.9. The number of likely N-dealkylation sites (tertiary alicyclic amines) is 1. The number of hydrogen-bond acceptors (Lipinski definition) is 3. The number of rotatable bonds is 3. The number of hydrogen-bond donors (Lipinski definition) is 1. The fraction of sp³-hybridized carbons (Fsp3) is 0.476. The fourth-order valence-corrected chi connectivity index (χ4v) is 5.46. The summed E-state index contributed by atoms with van der Waals surface area (Å²) in [4.78, 5) is 39.5. The average Bonchev–Trinajstić information content (AvgIpc) is 3.39. The number of carbonyl (C=O) groups excluding carboxylic acids is 3. The Morgan fingerprint density at radius 3 is 2.27 bits per heavy atom. The van der Waals surface area contributed by atoms with Crippen LogP contribution in [0.2, 0.25) is 0 Å². The van der Waals surface area contributed by atoms with Crippen LogP contribution in [0.4, 0.5) is 5.69 Å². The van der Waals surface area contributed by atoms with Crippen molar-refractivity contribution in [2.24, 2.45) is 35.5 Å². The minimum Gasteiger partial charge on any atom is -0.324 e. The van der Waals surface area contributed by atoms with E-state index in [-0.39, 0.29) is 47.9 Å². The van der Waals surface area contributed by atoms with E-state index in [0.717, 1.165) is 23.2 Å². The maximum Gasteiger partial charge on any atom is 0.244 e. The lowest BCUT2D eigenvalue weighted by molar-refractivity contribution is -0.142. The molecule has 1 N–H and O–H groups in total. The summed E-state index contributed by atoms with van der Waals surface area (Å²) in [6.45, 7) is 3.74. The first-order chi connectivity index (χ1) is 12.5. The second-order valence-electron chi connectivity index (χ2n) is 8.28. The summed E-state index contributed by atoms with van der Waals surface area (Å²) in [6, 6.07) is 5.78. The van der Waals surface area contributed by atoms with Crippen LogP contribution < -0.4 is 5.32 Å². The van der Waals surface area contributed by atoms with Gasteiger partial charge in [0.05, 0.1) is 11.8 Å². The highest BCUT2D eigenvalue weighted by atomic mass is 16.2. The van der Waals surface area contributed by atoms with E-state index in [2.05, 4.69) is 17.5 Å². The molecule has 2 saturated carbocycles. The first-order valence-corrected chi connectivity index (χ1v) is 9.36. The van der Waals surface area contributed by atoms with E-state index in [1.807, 2.05) is 32.0 Å². The van der Waals surface area contributed by atoms with Gasteiger partial charge in [-0.25, -0.2) is 0 Å². The standard InChI is InChI=1S/C21H22N2O3/c1-10-3-6-16(11(2)7-10)22-17(24)9-23-20(25)18-12-4-5-13(15-8-14(12)15)19(18)21(23)26/h3-7,12-15,18-19H,8-9H2,1-2H3,(H,22,24). The Bertz CT molecular complexity index is 838. The Labute approximate surface area is 152 Å². The molecule has 6 atom stereocenters. The third-order valence-corrected chi connectivity index (χ3v) is 6.71. The highest BCUT2D eigenvalue weighted by Crippen LogP contribution is 2.65. The Morgan fingerprint density at radius 2 is 1.69 bits per heavy atom. The molecular formula is C21H22N2O3. The van der Waals surface area contributed by atoms with E-state index in [1.165, 1.54) is 4.90 Å². The fourth-order valence-electron chi connectivity index (χ4n) is 5.46. The van der Waals surface area contributed by atoms with Gasteiger partial charge in [0, 0.05) is 5.69 Å². The SMILES string of the molecule is Cc1ccc(NC(=O)CN2C(=O)C3C4C=CC(C5CC45)C3C2=O)c(C)c1. The third-order valence-electron chi connectivity index (χ3n) is 6.71. The number of imide groups is 1. The van der Waals surface area contributed by atoms with Crippen molar-refractivity contribution in [2.45, 2.75) is 20.3 Å². The van der Waals surface area contributed by atoms with Crippen LogP contribution in [0.15, 0.2) is 30.4 Å². The van der Waals surface area contributed by atoms with Crippen LogP contribution in [0.1, 0.15) is 17.5 Å². The molecule has 3 amide bonds. The van der Waals surface area contributed by atoms with Crippen molar-refractivity contribution in [3.05, 3.63) is 41.5 Å². The van der Waals surface area contributed by atoms with Crippen LogP contribution >= 0.6 is 0 Å². The van der Waals surface area contributed by atoms with Gasteiger partial charge in [-0.1, -0.05) is 29.8 Å². The summed E-state index contributed by atoms with van der Waals surface area (Å²) in [7, 11) is 0. The van der Waals surface area contributed by atoms with Crippen LogP contribution in [0.3, 0.4) is 0 Å². The van der Waals surface area contributed by atoms with E-state index >= 15 is 0 Å². The van der Waals surface area contributed by atoms with E-state index < -0.39 is 0 Å². The van der Waals surface area contributed by atoms with Gasteiger partial charge in [0.15, 0.2) is 0 Å². The normalized spacial score (nSPS) is 36.2. The summed E-state index contributed by atoms with van der Waals surface area (Å²) in [5, 5.41) is 2.84. The summed E-state index contributed by atoms with van der Waals surface area (Å²) in [6.07, 6.45) is 5.43. The molecular weight excluding hydrogens is 328 g/mol. The summed E-state index contributed by atoms with van der Waals surface area (Å²) < 4.78 is 0. The van der Waals surface area contributed by atoms with Crippen LogP contribution in [-0.4, -0.2) is 29.2 Å². The molecule has 134 valence electrons. The lowest BCUT2D eigenvalue weighted by Gasteiger charge is -2.37. The van der Waals surface area contributed by atoms with Crippen LogP contribution in [0.25, 0.3) is 0 Å². The zero-order chi connectivity index (χ0) is 18.2. The zero-order valence-electron chi connectivity index (χ0n) is 14.9. The van der Waals surface area contributed by atoms with Gasteiger partial charge in [-0.3, -0.25) is 19.3 Å². The summed E-state index contributed by atoms with van der Waals surface area (Å²) in [5.41, 5.74) is 2.81. The molecule has 0 aromatic heterocycles. The molecule has 6 rings (SSSR count). The van der Waals surface area contributed by atoms with Gasteiger partial charge >= 0.3 is 0 Å². The molecule has 1 aromatic carbocycles. The molecule has 2 bridgehead atoms. The number of allylic oxidation sites excluding steroid dienone is 2. The number of amides is 3. The molecule has 6 unspecified atom stereocenters. The van der Waals surface area contributed by atoms with Crippen molar-refractivity contribution in [2.75, 3.05) is 11.9 Å². The number of nitrogens with one attached hydrogen (secondary N) is 1. The molecule has 1 aliphatic heterocycles. The summed E-state index contributed by atoms with van der Waals surface area (Å²) in [5.74, 6) is 0.436. The van der Waals surface area contributed by atoms with Gasteiger partial charge in [-0.15, -0.1) is 0 Å². The van der Waals surface area contributed by atoms with Crippen molar-refractivity contribution in [3.63, 3.8) is 0 Å². The molecule has 1 saturated heterocycles. The van der Waals surface area contributed by atoms with E-state index in [0.29, 0.717) is 11.8 Å². The minimum absolute atomic E-state index is 0.152. The van der Waals surface area contributed by atoms with Gasteiger partial charge in [0.2, 0.25) is 17.7 Å². The molecule has 1 heterocycles. The van der Waals surface area contributed by atoms with Gasteiger partial charge in [0.1, 0.15) is 6.54 Å². The predicted octanol–water partition coefficient (Wildman–Crippen LogP) is 2.30. The van der Waals surface area contributed by atoms with Gasteiger partial charge < -0.3 is 5.32 Å². The molecule has 0 spiro atoms. The Balaban J connectivity index is 1.33. The predicted molar refractivity (Wildman–Crippen MR) is 96.0 cm³/mol. The maximum atomic E-state index is 12.9. The smallest absolute Gasteiger partial charge is 0.244 e. The molecule has 4 aliphatic carbocycles. The molecule has 3 fully saturated rings. The minimum atomic E-state index is -0.317. The quantitative estimate of drug-likeness (QED) is 0.672. The van der Waals surface area contributed by atoms with E-state index in [9.17, 15) is 14.4 Å². The van der Waals surface area contributed by atoms with Crippen LogP contribution in [0, 0.1) is 49.4 Å². The highest BCUT2D eigenvalue weighted by molar-refractivity contribution is 6.09. The molecule has 5 aliphatic rings. The zero-order valence-corrected chi connectivity index (χ0v) is 14.9. The molecule has 26 heavy (non-hydrogen) atoms. The molecule has 1 aromatic rings. The monoisotopic (exact) mass is 350 g/mol. The van der Waals surface area contributed by atoms with Gasteiger partial charge in [0.25, 0.3) is 0 Å². The highest BCUT2D eigenvalue weighted by Gasteiger charge is 2.67. The molecule has 5 nitrogen and oxygen atoms in total. The molecule has 0 radical (unpaired) electrons. The molecule has 5 heteroatoms. The van der Waals surface area contributed by atoms with Crippen LogP contribution in [-0.2, 0) is 14.4 Å². The van der Waals surface area contributed by atoms with E-state index in [1.54, 1.807) is 0 Å². The lowest BCUT2D eigenvalue weighted by atomic mass is 9.63. The Hall–Kier alpha value is -2.43. The Morgan fingerprint density at radius 1 is 1.08 bits per heavy atom. The summed E-state index contributed by atoms with van der Waals surface area (Å²) >= 11 is 0. The number of nitrogens with zero attached hydrogens (tertiary/aromatic N) is 1. The van der Waals surface area contributed by atoms with Gasteiger partial charge in [-0.05, 0) is 55.6 Å². The van der Waals surface area contributed by atoms with Crippen molar-refractivity contribution in [1.29, 1.82) is 0 Å². The number of benzene rings is 1. The van der Waals surface area contributed by atoms with Crippen molar-refractivity contribution in [1.82, 2.24) is 4.90 Å². The topological polar surface area (TPSA) is 66.5 Å². The van der Waals surface area contributed by atoms with Gasteiger partial charge in [-0.2, -0.15) is 0 Å². The second-order valence-corrected chi connectivity index (χ2v) is 8.28. The first-order valence-electron chi connectivity index (χ1n) is 9.36. The Kier molecular flexibility index (Phi) is 3.21. The average molecular weight is 350 g/mol. The number of carbonyl (C=O) groups is 3. The van der Waals surface area contributed by atoms with Crippen molar-refractivity contribution < 1.29 is 14.4 Å². The van der Waals surface area contributed by atoms with Crippen LogP contribution in [0.5, 0.6) is 0 Å². The first kappa shape index (κ1) is 15.8. The van der Waals surface area contributed by atoms with E-state index in [4.69, 9.17) is 0 Å². The number of aryl methyl sites for hydroxylation is 2. The lowest BCUT2D eigenvalue weighted by Crippen LogP contribution is -2.40. The van der Waals surface area contributed by atoms with Crippen molar-refractivity contribution in [3.8, 4) is 0 Å². The third kappa shape index (κ3) is 2.12. The second kappa shape index (κ2) is 5.29.